The number of benzene rings is 1. The Balaban J connectivity index is 1.86. The van der Waals surface area contributed by atoms with E-state index in [0.717, 1.165) is 5.56 Å². The Bertz CT molecular complexity index is 743. The number of para-hydroxylation sites is 1. The van der Waals surface area contributed by atoms with Gasteiger partial charge in [-0.3, -0.25) is 20.4 Å². The molecule has 1 heterocycles. The van der Waals surface area contributed by atoms with E-state index < -0.39 is 27.6 Å². The fourth-order valence-electron chi connectivity index (χ4n) is 2.34. The van der Waals surface area contributed by atoms with E-state index in [1.165, 1.54) is 6.08 Å². The molecule has 24 heavy (non-hydrogen) atoms. The first kappa shape index (κ1) is 18.0. The molecule has 0 unspecified atom stereocenters. The molecule has 1 aliphatic rings. The van der Waals surface area contributed by atoms with Crippen molar-refractivity contribution in [1.29, 1.82) is 0 Å². The zero-order valence-corrected chi connectivity index (χ0v) is 14.1. The molecule has 0 aliphatic carbocycles. The van der Waals surface area contributed by atoms with Crippen molar-refractivity contribution in [1.82, 2.24) is 10.9 Å². The van der Waals surface area contributed by atoms with Crippen LogP contribution in [0.5, 0.6) is 5.75 Å². The number of hydrogen-bond acceptors (Lipinski definition) is 5. The predicted molar refractivity (Wildman–Crippen MR) is 89.7 cm³/mol. The van der Waals surface area contributed by atoms with Crippen LogP contribution in [-0.4, -0.2) is 38.3 Å². The van der Waals surface area contributed by atoms with Crippen molar-refractivity contribution in [2.75, 3.05) is 18.1 Å². The van der Waals surface area contributed by atoms with Crippen molar-refractivity contribution in [2.24, 2.45) is 5.92 Å². The van der Waals surface area contributed by atoms with Gasteiger partial charge >= 0.3 is 0 Å². The Morgan fingerprint density at radius 2 is 2.04 bits per heavy atom. The van der Waals surface area contributed by atoms with Crippen LogP contribution in [0.4, 0.5) is 0 Å². The van der Waals surface area contributed by atoms with Crippen molar-refractivity contribution in [3.8, 4) is 5.75 Å². The summed E-state index contributed by atoms with van der Waals surface area (Å²) in [6.45, 7) is 2.38. The number of carbonyl (C=O) groups excluding carboxylic acids is 2. The summed E-state index contributed by atoms with van der Waals surface area (Å²) in [6.07, 6.45) is 3.12. The zero-order valence-electron chi connectivity index (χ0n) is 13.3. The number of carbonyl (C=O) groups is 2. The fraction of sp³-hybridized carbons (Fsp3) is 0.375. The summed E-state index contributed by atoms with van der Waals surface area (Å²) in [6, 6.07) is 7.25. The lowest BCUT2D eigenvalue weighted by Gasteiger charge is -2.09. The van der Waals surface area contributed by atoms with Gasteiger partial charge in [0.05, 0.1) is 24.0 Å². The molecule has 0 radical (unpaired) electrons. The maximum Gasteiger partial charge on any atom is 0.262 e. The molecule has 0 bridgehead atoms. The fourth-order valence-corrected chi connectivity index (χ4v) is 4.08. The average molecular weight is 352 g/mol. The van der Waals surface area contributed by atoms with Gasteiger partial charge in [0.25, 0.3) is 5.91 Å². The topological polar surface area (TPSA) is 102 Å². The Morgan fingerprint density at radius 1 is 1.29 bits per heavy atom. The van der Waals surface area contributed by atoms with Crippen LogP contribution in [0.2, 0.25) is 0 Å². The summed E-state index contributed by atoms with van der Waals surface area (Å²) in [5.41, 5.74) is 5.24. The summed E-state index contributed by atoms with van der Waals surface area (Å²) < 4.78 is 28.1. The van der Waals surface area contributed by atoms with Gasteiger partial charge in [0.1, 0.15) is 5.75 Å². The van der Waals surface area contributed by atoms with Crippen LogP contribution in [0.25, 0.3) is 6.08 Å². The molecule has 1 saturated heterocycles. The quantitative estimate of drug-likeness (QED) is 0.599. The van der Waals surface area contributed by atoms with Gasteiger partial charge in [-0.05, 0) is 25.5 Å². The maximum atomic E-state index is 11.8. The second-order valence-corrected chi connectivity index (χ2v) is 7.61. The van der Waals surface area contributed by atoms with Crippen LogP contribution in [0.1, 0.15) is 18.9 Å². The highest BCUT2D eigenvalue weighted by Crippen LogP contribution is 2.19. The van der Waals surface area contributed by atoms with Gasteiger partial charge in [0.15, 0.2) is 9.84 Å². The zero-order chi connectivity index (χ0) is 17.6. The summed E-state index contributed by atoms with van der Waals surface area (Å²) in [7, 11) is -3.14. The number of sulfone groups is 1. The highest BCUT2D eigenvalue weighted by atomic mass is 32.2. The van der Waals surface area contributed by atoms with Crippen molar-refractivity contribution in [3.63, 3.8) is 0 Å². The lowest BCUT2D eigenvalue weighted by atomic mass is 10.1. The maximum absolute atomic E-state index is 11.8. The van der Waals surface area contributed by atoms with Crippen LogP contribution in [0, 0.1) is 5.92 Å². The molecule has 0 spiro atoms. The van der Waals surface area contributed by atoms with Gasteiger partial charge in [0.2, 0.25) is 5.91 Å². The van der Waals surface area contributed by atoms with Crippen LogP contribution < -0.4 is 15.6 Å². The number of hydrazine groups is 1. The molecular weight excluding hydrogens is 332 g/mol. The summed E-state index contributed by atoms with van der Waals surface area (Å²) in [5, 5.41) is 0. The van der Waals surface area contributed by atoms with Gasteiger partial charge < -0.3 is 4.74 Å². The first-order valence-corrected chi connectivity index (χ1v) is 9.43. The van der Waals surface area contributed by atoms with E-state index in [1.54, 1.807) is 18.2 Å². The number of nitrogens with one attached hydrogen (secondary N) is 2. The lowest BCUT2D eigenvalue weighted by molar-refractivity contribution is -0.129. The van der Waals surface area contributed by atoms with E-state index >= 15 is 0 Å². The molecule has 2 rings (SSSR count). The minimum absolute atomic E-state index is 0.00709. The average Bonchev–Trinajstić information content (AvgIpc) is 2.92. The SMILES string of the molecule is CCOc1ccccc1/C=C/C(=O)NNC(=O)[C@H]1CCS(=O)(=O)C1. The molecule has 1 fully saturated rings. The minimum Gasteiger partial charge on any atom is -0.493 e. The molecule has 1 aliphatic heterocycles. The summed E-state index contributed by atoms with van der Waals surface area (Å²) in [4.78, 5) is 23.6. The van der Waals surface area contributed by atoms with Gasteiger partial charge in [-0.25, -0.2) is 8.42 Å². The Morgan fingerprint density at radius 3 is 2.71 bits per heavy atom. The van der Waals surface area contributed by atoms with Gasteiger partial charge in [0, 0.05) is 11.6 Å². The van der Waals surface area contributed by atoms with Crippen LogP contribution >= 0.6 is 0 Å². The molecule has 0 saturated carbocycles. The first-order chi connectivity index (χ1) is 11.4. The highest BCUT2D eigenvalue weighted by Gasteiger charge is 2.32. The van der Waals surface area contributed by atoms with Crippen LogP contribution in [0.15, 0.2) is 30.3 Å². The van der Waals surface area contributed by atoms with Crippen LogP contribution in [-0.2, 0) is 19.4 Å². The highest BCUT2D eigenvalue weighted by molar-refractivity contribution is 7.91. The van der Waals surface area contributed by atoms with Crippen molar-refractivity contribution < 1.29 is 22.7 Å². The third-order valence-corrected chi connectivity index (χ3v) is 5.31. The molecule has 1 aromatic carbocycles. The Labute approximate surface area is 141 Å². The van der Waals surface area contributed by atoms with E-state index in [2.05, 4.69) is 10.9 Å². The van der Waals surface area contributed by atoms with Crippen LogP contribution in [0.3, 0.4) is 0 Å². The second-order valence-electron chi connectivity index (χ2n) is 5.38. The van der Waals surface area contributed by atoms with Gasteiger partial charge in [-0.1, -0.05) is 18.2 Å². The number of rotatable bonds is 5. The Hall–Kier alpha value is -2.35. The predicted octanol–water partition coefficient (Wildman–Crippen LogP) is 0.681. The smallest absolute Gasteiger partial charge is 0.262 e. The Kier molecular flexibility index (Phi) is 5.97. The van der Waals surface area contributed by atoms with E-state index in [-0.39, 0.29) is 17.9 Å². The van der Waals surface area contributed by atoms with Gasteiger partial charge in [-0.15, -0.1) is 0 Å². The molecule has 7 nitrogen and oxygen atoms in total. The summed E-state index contributed by atoms with van der Waals surface area (Å²) in [5.74, 6) is -1.13. The van der Waals surface area contributed by atoms with Crippen molar-refractivity contribution in [3.05, 3.63) is 35.9 Å². The van der Waals surface area contributed by atoms with E-state index in [4.69, 9.17) is 4.74 Å². The number of amides is 2. The van der Waals surface area contributed by atoms with E-state index in [0.29, 0.717) is 12.4 Å². The second kappa shape index (κ2) is 7.96. The normalized spacial score (nSPS) is 19.1. The van der Waals surface area contributed by atoms with Gasteiger partial charge in [-0.2, -0.15) is 0 Å². The molecule has 8 heteroatoms. The standard InChI is InChI=1S/C16H20N2O5S/c1-2-23-14-6-4-3-5-12(14)7-8-15(19)17-18-16(20)13-9-10-24(21,22)11-13/h3-8,13H,2,9-11H2,1H3,(H,17,19)(H,18,20)/b8-7+/t13-/m0/s1. The first-order valence-electron chi connectivity index (χ1n) is 7.61. The third-order valence-electron chi connectivity index (χ3n) is 3.55. The number of hydrogen-bond donors (Lipinski definition) is 2. The van der Waals surface area contributed by atoms with E-state index in [1.807, 2.05) is 19.1 Å². The minimum atomic E-state index is -3.14. The summed E-state index contributed by atoms with van der Waals surface area (Å²) >= 11 is 0. The molecule has 1 aromatic rings. The number of ether oxygens (including phenoxy) is 1. The molecular formula is C16H20N2O5S. The molecule has 2 N–H and O–H groups in total. The third kappa shape index (κ3) is 5.09. The monoisotopic (exact) mass is 352 g/mol. The largest absolute Gasteiger partial charge is 0.493 e. The molecule has 0 aromatic heterocycles. The van der Waals surface area contributed by atoms with Crippen molar-refractivity contribution in [2.45, 2.75) is 13.3 Å². The van der Waals surface area contributed by atoms with E-state index in [9.17, 15) is 18.0 Å². The molecule has 130 valence electrons. The van der Waals surface area contributed by atoms with Crippen molar-refractivity contribution >= 4 is 27.7 Å². The lowest BCUT2D eigenvalue weighted by Crippen LogP contribution is -2.44. The molecule has 1 atom stereocenters. The molecule has 2 amide bonds.